The normalized spacial score (nSPS) is 13.9. The fourth-order valence-corrected chi connectivity index (χ4v) is 3.63. The van der Waals surface area contributed by atoms with Crippen LogP contribution in [0.3, 0.4) is 0 Å². The van der Waals surface area contributed by atoms with Crippen molar-refractivity contribution in [3.05, 3.63) is 82.8 Å². The minimum absolute atomic E-state index is 0.161. The lowest BCUT2D eigenvalue weighted by molar-refractivity contribution is 0.0518. The summed E-state index contributed by atoms with van der Waals surface area (Å²) < 4.78 is 6.47. The van der Waals surface area contributed by atoms with E-state index in [0.29, 0.717) is 24.5 Å². The van der Waals surface area contributed by atoms with Gasteiger partial charge >= 0.3 is 5.97 Å². The Bertz CT molecular complexity index is 1060. The molecule has 1 saturated heterocycles. The molecule has 2 aromatic carbocycles. The number of aromatic nitrogens is 2. The van der Waals surface area contributed by atoms with Crippen LogP contribution in [0.2, 0.25) is 0 Å². The number of piperazine rings is 1. The van der Waals surface area contributed by atoms with E-state index in [9.17, 15) is 9.59 Å². The highest BCUT2D eigenvalue weighted by Crippen LogP contribution is 2.23. The summed E-state index contributed by atoms with van der Waals surface area (Å²) in [6.45, 7) is 4.92. The van der Waals surface area contributed by atoms with Crippen molar-refractivity contribution in [3.8, 4) is 5.69 Å². The Balaban J connectivity index is 1.65. The third-order valence-electron chi connectivity index (χ3n) is 5.12. The molecular weight excluding hydrogens is 380 g/mol. The summed E-state index contributed by atoms with van der Waals surface area (Å²) in [5.74, 6) is -0.525. The third-order valence-corrected chi connectivity index (χ3v) is 5.12. The number of ether oxygens (including phenoxy) is 1. The standard InChI is InChI=1S/C23H24N4O3/c1-2-30-23(29)22-20(17-21(28)27(24-22)19-11-7-4-8-12-19)26-15-13-25(14-16-26)18-9-5-3-6-10-18/h3-12,17H,2,13-16H2,1H3. The number of esters is 1. The first-order valence-electron chi connectivity index (χ1n) is 10.1. The van der Waals surface area contributed by atoms with Crippen LogP contribution in [0.15, 0.2) is 71.5 Å². The molecule has 1 aliphatic rings. The molecule has 0 saturated carbocycles. The summed E-state index contributed by atoms with van der Waals surface area (Å²) in [6.07, 6.45) is 0. The van der Waals surface area contributed by atoms with E-state index in [0.717, 1.165) is 13.1 Å². The van der Waals surface area contributed by atoms with E-state index in [1.807, 2.05) is 41.3 Å². The molecule has 7 nitrogen and oxygen atoms in total. The zero-order valence-electron chi connectivity index (χ0n) is 16.9. The summed E-state index contributed by atoms with van der Waals surface area (Å²) in [6, 6.07) is 20.8. The van der Waals surface area contributed by atoms with Crippen molar-refractivity contribution >= 4 is 17.3 Å². The van der Waals surface area contributed by atoms with Crippen molar-refractivity contribution in [2.75, 3.05) is 42.6 Å². The number of para-hydroxylation sites is 2. The van der Waals surface area contributed by atoms with Gasteiger partial charge in [0.05, 0.1) is 18.0 Å². The van der Waals surface area contributed by atoms with Crippen LogP contribution in [-0.2, 0) is 4.74 Å². The molecule has 0 spiro atoms. The van der Waals surface area contributed by atoms with Crippen molar-refractivity contribution in [2.24, 2.45) is 0 Å². The Morgan fingerprint density at radius 3 is 2.07 bits per heavy atom. The third kappa shape index (κ3) is 4.05. The quantitative estimate of drug-likeness (QED) is 0.609. The molecule has 1 aliphatic heterocycles. The number of carbonyl (C=O) groups is 1. The number of rotatable bonds is 5. The van der Waals surface area contributed by atoms with Crippen molar-refractivity contribution in [1.29, 1.82) is 0 Å². The molecule has 1 fully saturated rings. The van der Waals surface area contributed by atoms with Crippen LogP contribution >= 0.6 is 0 Å². The molecule has 2 heterocycles. The van der Waals surface area contributed by atoms with Gasteiger partial charge < -0.3 is 14.5 Å². The van der Waals surface area contributed by atoms with Gasteiger partial charge in [-0.05, 0) is 31.2 Å². The maximum Gasteiger partial charge on any atom is 0.360 e. The summed E-state index contributed by atoms with van der Waals surface area (Å²) in [5.41, 5.74) is 2.18. The number of anilines is 2. The van der Waals surface area contributed by atoms with Crippen LogP contribution in [0, 0.1) is 0 Å². The zero-order valence-corrected chi connectivity index (χ0v) is 16.9. The van der Waals surface area contributed by atoms with E-state index < -0.39 is 5.97 Å². The maximum atomic E-state index is 12.8. The van der Waals surface area contributed by atoms with E-state index in [1.54, 1.807) is 19.1 Å². The van der Waals surface area contributed by atoms with Crippen molar-refractivity contribution in [3.63, 3.8) is 0 Å². The summed E-state index contributed by atoms with van der Waals surface area (Å²) in [7, 11) is 0. The second-order valence-electron chi connectivity index (χ2n) is 6.99. The maximum absolute atomic E-state index is 12.8. The molecule has 154 valence electrons. The monoisotopic (exact) mass is 404 g/mol. The molecule has 0 aliphatic carbocycles. The van der Waals surface area contributed by atoms with Crippen LogP contribution in [0.1, 0.15) is 17.4 Å². The predicted molar refractivity (Wildman–Crippen MR) is 117 cm³/mol. The predicted octanol–water partition coefficient (Wildman–Crippen LogP) is 2.74. The van der Waals surface area contributed by atoms with Gasteiger partial charge in [0.2, 0.25) is 0 Å². The topological polar surface area (TPSA) is 67.7 Å². The highest BCUT2D eigenvalue weighted by Gasteiger charge is 2.25. The molecule has 0 bridgehead atoms. The van der Waals surface area contributed by atoms with E-state index in [1.165, 1.54) is 16.4 Å². The summed E-state index contributed by atoms with van der Waals surface area (Å²) >= 11 is 0. The van der Waals surface area contributed by atoms with Crippen LogP contribution in [0.4, 0.5) is 11.4 Å². The highest BCUT2D eigenvalue weighted by molar-refractivity contribution is 5.93. The highest BCUT2D eigenvalue weighted by atomic mass is 16.5. The minimum atomic E-state index is -0.525. The van der Waals surface area contributed by atoms with Crippen LogP contribution in [0.5, 0.6) is 0 Å². The SMILES string of the molecule is CCOC(=O)c1nn(-c2ccccc2)c(=O)cc1N1CCN(c2ccccc2)CC1. The second kappa shape index (κ2) is 8.82. The Kier molecular flexibility index (Phi) is 5.79. The summed E-state index contributed by atoms with van der Waals surface area (Å²) in [5, 5.41) is 4.39. The van der Waals surface area contributed by atoms with E-state index in [4.69, 9.17) is 4.74 Å². The molecule has 30 heavy (non-hydrogen) atoms. The molecule has 3 aromatic rings. The van der Waals surface area contributed by atoms with Gasteiger partial charge in [0.15, 0.2) is 5.69 Å². The number of nitrogens with zero attached hydrogens (tertiary/aromatic N) is 4. The molecule has 7 heteroatoms. The first-order chi connectivity index (χ1) is 14.7. The van der Waals surface area contributed by atoms with Gasteiger partial charge in [-0.15, -0.1) is 0 Å². The average Bonchev–Trinajstić information content (AvgIpc) is 2.80. The number of hydrogen-bond acceptors (Lipinski definition) is 6. The van der Waals surface area contributed by atoms with Gasteiger partial charge in [-0.1, -0.05) is 36.4 Å². The largest absolute Gasteiger partial charge is 0.461 e. The first-order valence-corrected chi connectivity index (χ1v) is 10.1. The van der Waals surface area contributed by atoms with Crippen LogP contribution in [-0.4, -0.2) is 48.5 Å². The molecule has 0 amide bonds. The number of hydrogen-bond donors (Lipinski definition) is 0. The number of benzene rings is 2. The second-order valence-corrected chi connectivity index (χ2v) is 6.99. The van der Waals surface area contributed by atoms with Crippen molar-refractivity contribution in [1.82, 2.24) is 9.78 Å². The Morgan fingerprint density at radius 1 is 0.900 bits per heavy atom. The fraction of sp³-hybridized carbons (Fsp3) is 0.261. The zero-order chi connectivity index (χ0) is 20.9. The Morgan fingerprint density at radius 2 is 1.47 bits per heavy atom. The van der Waals surface area contributed by atoms with Crippen molar-refractivity contribution in [2.45, 2.75) is 6.92 Å². The molecule has 0 atom stereocenters. The minimum Gasteiger partial charge on any atom is -0.461 e. The average molecular weight is 404 g/mol. The smallest absolute Gasteiger partial charge is 0.360 e. The Hall–Kier alpha value is -3.61. The van der Waals surface area contributed by atoms with E-state index in [2.05, 4.69) is 22.1 Å². The van der Waals surface area contributed by atoms with Gasteiger partial charge in [-0.25, -0.2) is 4.79 Å². The van der Waals surface area contributed by atoms with Crippen LogP contribution in [0.25, 0.3) is 5.69 Å². The first kappa shape index (κ1) is 19.7. The van der Waals surface area contributed by atoms with E-state index >= 15 is 0 Å². The molecule has 0 N–H and O–H groups in total. The summed E-state index contributed by atoms with van der Waals surface area (Å²) in [4.78, 5) is 29.8. The van der Waals surface area contributed by atoms with Gasteiger partial charge in [0.25, 0.3) is 5.56 Å². The van der Waals surface area contributed by atoms with Gasteiger partial charge in [0.1, 0.15) is 0 Å². The molecule has 1 aromatic heterocycles. The number of carbonyl (C=O) groups excluding carboxylic acids is 1. The van der Waals surface area contributed by atoms with Gasteiger partial charge in [-0.3, -0.25) is 4.79 Å². The lowest BCUT2D eigenvalue weighted by Crippen LogP contribution is -2.47. The van der Waals surface area contributed by atoms with Crippen molar-refractivity contribution < 1.29 is 9.53 Å². The Labute approximate surface area is 175 Å². The molecular formula is C23H24N4O3. The van der Waals surface area contributed by atoms with Gasteiger partial charge in [-0.2, -0.15) is 9.78 Å². The molecule has 0 radical (unpaired) electrons. The van der Waals surface area contributed by atoms with E-state index in [-0.39, 0.29) is 17.9 Å². The lowest BCUT2D eigenvalue weighted by atomic mass is 10.2. The van der Waals surface area contributed by atoms with Gasteiger partial charge in [0, 0.05) is 37.9 Å². The fourth-order valence-electron chi connectivity index (χ4n) is 3.63. The lowest BCUT2D eigenvalue weighted by Gasteiger charge is -2.37. The molecule has 0 unspecified atom stereocenters. The molecule has 4 rings (SSSR count). The van der Waals surface area contributed by atoms with Crippen LogP contribution < -0.4 is 15.4 Å².